The first kappa shape index (κ1) is 18.1. The average Bonchev–Trinajstić information content (AvgIpc) is 2.54. The van der Waals surface area contributed by atoms with Gasteiger partial charge in [-0.25, -0.2) is 8.42 Å². The van der Waals surface area contributed by atoms with E-state index in [-0.39, 0.29) is 18.3 Å². The van der Waals surface area contributed by atoms with Crippen molar-refractivity contribution >= 4 is 21.6 Å². The van der Waals surface area contributed by atoms with E-state index in [1.54, 1.807) is 6.92 Å². The van der Waals surface area contributed by atoms with E-state index >= 15 is 0 Å². The van der Waals surface area contributed by atoms with Gasteiger partial charge in [0, 0.05) is 12.6 Å². The number of nitro benzene ring substituents is 1. The lowest BCUT2D eigenvalue weighted by molar-refractivity contribution is -0.387. The number of nitrogens with two attached hydrogens (primary N) is 1. The van der Waals surface area contributed by atoms with E-state index in [0.29, 0.717) is 12.8 Å². The summed E-state index contributed by atoms with van der Waals surface area (Å²) in [4.78, 5) is 21.5. The maximum absolute atomic E-state index is 12.9. The molecule has 24 heavy (non-hydrogen) atoms. The number of primary amides is 1. The Labute approximate surface area is 139 Å². The molecule has 0 bridgehead atoms. The zero-order valence-corrected chi connectivity index (χ0v) is 14.2. The largest absolute Gasteiger partial charge is 0.497 e. The number of ether oxygens (including phenoxy) is 1. The van der Waals surface area contributed by atoms with Crippen LogP contribution in [0.25, 0.3) is 0 Å². The third kappa shape index (κ3) is 3.34. The number of carbonyl (C=O) groups excluding carboxylic acids is 1. The third-order valence-electron chi connectivity index (χ3n) is 4.18. The minimum absolute atomic E-state index is 0.0813. The van der Waals surface area contributed by atoms with Gasteiger partial charge in [-0.3, -0.25) is 14.9 Å². The van der Waals surface area contributed by atoms with Gasteiger partial charge in [-0.2, -0.15) is 4.31 Å². The summed E-state index contributed by atoms with van der Waals surface area (Å²) < 4.78 is 31.9. The smallest absolute Gasteiger partial charge is 0.293 e. The molecule has 1 fully saturated rings. The number of nitro groups is 1. The number of rotatable bonds is 5. The molecule has 2 N–H and O–H groups in total. The zero-order chi connectivity index (χ0) is 18.1. The van der Waals surface area contributed by atoms with Crippen LogP contribution in [0.4, 0.5) is 5.69 Å². The SMILES string of the molecule is COc1ccc(S(=O)(=O)N2C[C@H](C(N)=O)CC[C@H]2C)c([N+](=O)[O-])c1. The molecule has 0 spiro atoms. The molecular weight excluding hydrogens is 338 g/mol. The van der Waals surface area contributed by atoms with Crippen LogP contribution in [-0.4, -0.2) is 43.2 Å². The molecule has 0 saturated carbocycles. The number of piperidine rings is 1. The molecule has 2 rings (SSSR count). The Balaban J connectivity index is 2.49. The Morgan fingerprint density at radius 1 is 1.42 bits per heavy atom. The standard InChI is InChI=1S/C14H19N3O6S/c1-9-3-4-10(14(15)18)8-16(9)24(21,22)13-6-5-11(23-2)7-12(13)17(19)20/h5-7,9-10H,3-4,8H2,1-2H3,(H2,15,18)/t9-,10-/m1/s1. The summed E-state index contributed by atoms with van der Waals surface area (Å²) in [5.41, 5.74) is 4.72. The Kier molecular flexibility index (Phi) is 5.09. The van der Waals surface area contributed by atoms with Crippen LogP contribution in [0.15, 0.2) is 23.1 Å². The molecular formula is C14H19N3O6S. The van der Waals surface area contributed by atoms with E-state index in [4.69, 9.17) is 10.5 Å². The van der Waals surface area contributed by atoms with E-state index in [9.17, 15) is 23.3 Å². The monoisotopic (exact) mass is 357 g/mol. The molecule has 1 aromatic carbocycles. The van der Waals surface area contributed by atoms with Gasteiger partial charge >= 0.3 is 0 Å². The van der Waals surface area contributed by atoms with Crippen LogP contribution in [-0.2, 0) is 14.8 Å². The van der Waals surface area contributed by atoms with E-state index in [1.165, 1.54) is 13.2 Å². The number of nitrogens with zero attached hydrogens (tertiary/aromatic N) is 2. The molecule has 9 nitrogen and oxygen atoms in total. The normalized spacial score (nSPS) is 22.1. The Bertz CT molecular complexity index is 764. The molecule has 1 aliphatic rings. The van der Waals surface area contributed by atoms with Gasteiger partial charge in [-0.1, -0.05) is 0 Å². The maximum atomic E-state index is 12.9. The number of hydrogen-bond acceptors (Lipinski definition) is 6. The molecule has 2 atom stereocenters. The highest BCUT2D eigenvalue weighted by Gasteiger charge is 2.39. The summed E-state index contributed by atoms with van der Waals surface area (Å²) in [5, 5.41) is 11.3. The minimum atomic E-state index is -4.15. The average molecular weight is 357 g/mol. The van der Waals surface area contributed by atoms with Gasteiger partial charge < -0.3 is 10.5 Å². The van der Waals surface area contributed by atoms with Crippen molar-refractivity contribution in [2.75, 3.05) is 13.7 Å². The molecule has 132 valence electrons. The summed E-state index contributed by atoms with van der Waals surface area (Å²) in [7, 11) is -2.82. The van der Waals surface area contributed by atoms with Crippen LogP contribution in [0.5, 0.6) is 5.75 Å². The number of amides is 1. The minimum Gasteiger partial charge on any atom is -0.497 e. The number of carbonyl (C=O) groups is 1. The predicted molar refractivity (Wildman–Crippen MR) is 84.9 cm³/mol. The second-order valence-corrected chi connectivity index (χ2v) is 7.55. The van der Waals surface area contributed by atoms with Crippen molar-refractivity contribution in [1.29, 1.82) is 0 Å². The zero-order valence-electron chi connectivity index (χ0n) is 13.3. The summed E-state index contributed by atoms with van der Waals surface area (Å²) >= 11 is 0. The number of sulfonamides is 1. The quantitative estimate of drug-likeness (QED) is 0.614. The van der Waals surface area contributed by atoms with Crippen molar-refractivity contribution in [2.45, 2.75) is 30.7 Å². The first-order chi connectivity index (χ1) is 11.2. The summed E-state index contributed by atoms with van der Waals surface area (Å²) in [6.07, 6.45) is 0.948. The Hall–Kier alpha value is -2.20. The molecule has 1 heterocycles. The second kappa shape index (κ2) is 6.73. The summed E-state index contributed by atoms with van der Waals surface area (Å²) in [6, 6.07) is 3.17. The van der Waals surface area contributed by atoms with Crippen molar-refractivity contribution < 1.29 is 22.9 Å². The molecule has 1 saturated heterocycles. The van der Waals surface area contributed by atoms with E-state index < -0.39 is 37.4 Å². The summed E-state index contributed by atoms with van der Waals surface area (Å²) in [5.74, 6) is -0.998. The molecule has 0 radical (unpaired) electrons. The number of methoxy groups -OCH3 is 1. The molecule has 0 aromatic heterocycles. The fourth-order valence-corrected chi connectivity index (χ4v) is 4.60. The van der Waals surface area contributed by atoms with E-state index in [1.807, 2.05) is 0 Å². The van der Waals surface area contributed by atoms with Gasteiger partial charge in [0.1, 0.15) is 5.75 Å². The molecule has 0 unspecified atom stereocenters. The molecule has 1 aliphatic heterocycles. The van der Waals surface area contributed by atoms with Gasteiger partial charge in [-0.05, 0) is 31.9 Å². The summed E-state index contributed by atoms with van der Waals surface area (Å²) in [6.45, 7) is 1.62. The van der Waals surface area contributed by atoms with Crippen LogP contribution >= 0.6 is 0 Å². The van der Waals surface area contributed by atoms with Gasteiger partial charge in [0.15, 0.2) is 4.90 Å². The van der Waals surface area contributed by atoms with Crippen molar-refractivity contribution in [2.24, 2.45) is 11.7 Å². The lowest BCUT2D eigenvalue weighted by Crippen LogP contribution is -2.48. The first-order valence-electron chi connectivity index (χ1n) is 7.32. The van der Waals surface area contributed by atoms with Crippen LogP contribution in [0.3, 0.4) is 0 Å². The van der Waals surface area contributed by atoms with Gasteiger partial charge in [0.05, 0.1) is 24.0 Å². The molecule has 10 heteroatoms. The fourth-order valence-electron chi connectivity index (χ4n) is 2.75. The van der Waals surface area contributed by atoms with Crippen LogP contribution in [0.2, 0.25) is 0 Å². The van der Waals surface area contributed by atoms with Crippen molar-refractivity contribution in [3.05, 3.63) is 28.3 Å². The highest BCUT2D eigenvalue weighted by molar-refractivity contribution is 7.89. The second-order valence-electron chi connectivity index (χ2n) is 5.69. The molecule has 1 amide bonds. The highest BCUT2D eigenvalue weighted by atomic mass is 32.2. The topological polar surface area (TPSA) is 133 Å². The van der Waals surface area contributed by atoms with Crippen molar-refractivity contribution in [3.63, 3.8) is 0 Å². The van der Waals surface area contributed by atoms with Crippen LogP contribution in [0, 0.1) is 16.0 Å². The highest BCUT2D eigenvalue weighted by Crippen LogP contribution is 2.34. The fraction of sp³-hybridized carbons (Fsp3) is 0.500. The maximum Gasteiger partial charge on any atom is 0.293 e. The lowest BCUT2D eigenvalue weighted by atomic mass is 9.95. The van der Waals surface area contributed by atoms with Crippen LogP contribution in [0.1, 0.15) is 19.8 Å². The van der Waals surface area contributed by atoms with Crippen molar-refractivity contribution in [1.82, 2.24) is 4.31 Å². The third-order valence-corrected chi connectivity index (χ3v) is 6.20. The van der Waals surface area contributed by atoms with Crippen molar-refractivity contribution in [3.8, 4) is 5.75 Å². The Morgan fingerprint density at radius 2 is 2.08 bits per heavy atom. The number of benzene rings is 1. The lowest BCUT2D eigenvalue weighted by Gasteiger charge is -2.35. The first-order valence-corrected chi connectivity index (χ1v) is 8.76. The van der Waals surface area contributed by atoms with Gasteiger partial charge in [0.2, 0.25) is 15.9 Å². The Morgan fingerprint density at radius 3 is 2.62 bits per heavy atom. The van der Waals surface area contributed by atoms with E-state index in [0.717, 1.165) is 16.4 Å². The number of hydrogen-bond donors (Lipinski definition) is 1. The predicted octanol–water partition coefficient (Wildman–Crippen LogP) is 0.878. The molecule has 1 aromatic rings. The molecule has 0 aliphatic carbocycles. The van der Waals surface area contributed by atoms with Gasteiger partial charge in [-0.15, -0.1) is 0 Å². The van der Waals surface area contributed by atoms with E-state index in [2.05, 4.69) is 0 Å². The van der Waals surface area contributed by atoms with Crippen LogP contribution < -0.4 is 10.5 Å². The van der Waals surface area contributed by atoms with Gasteiger partial charge in [0.25, 0.3) is 5.69 Å².